The van der Waals surface area contributed by atoms with Gasteiger partial charge in [0.05, 0.1) is 5.75 Å². The summed E-state index contributed by atoms with van der Waals surface area (Å²) in [4.78, 5) is 4.42. The van der Waals surface area contributed by atoms with Crippen molar-refractivity contribution in [3.8, 4) is 0 Å². The molecular weight excluding hydrogens is 222 g/mol. The van der Waals surface area contributed by atoms with Crippen LogP contribution in [0.25, 0.3) is 0 Å². The fraction of sp³-hybridized carbons (Fsp3) is 0.818. The monoisotopic (exact) mass is 241 g/mol. The van der Waals surface area contributed by atoms with Gasteiger partial charge >= 0.3 is 0 Å². The topological polar surface area (TPSA) is 51.0 Å². The molecule has 16 heavy (non-hydrogen) atoms. The summed E-state index contributed by atoms with van der Waals surface area (Å²) in [6.07, 6.45) is 3.40. The van der Waals surface area contributed by atoms with Crippen molar-refractivity contribution in [3.05, 3.63) is 11.7 Å². The summed E-state index contributed by atoms with van der Waals surface area (Å²) < 4.78 is 5.27. The van der Waals surface area contributed by atoms with Crippen LogP contribution in [0.3, 0.4) is 0 Å². The number of piperidine rings is 1. The zero-order chi connectivity index (χ0) is 11.2. The van der Waals surface area contributed by atoms with Crippen LogP contribution in [0.15, 0.2) is 4.52 Å². The predicted molar refractivity (Wildman–Crippen MR) is 65.4 cm³/mol. The Balaban J connectivity index is 1.81. The van der Waals surface area contributed by atoms with Crippen molar-refractivity contribution in [2.24, 2.45) is 5.92 Å². The first-order valence-corrected chi connectivity index (χ1v) is 7.14. The molecule has 5 heteroatoms. The van der Waals surface area contributed by atoms with Gasteiger partial charge in [0.1, 0.15) is 0 Å². The summed E-state index contributed by atoms with van der Waals surface area (Å²) in [7, 11) is 0. The molecule has 1 aliphatic rings. The molecule has 2 heterocycles. The van der Waals surface area contributed by atoms with Gasteiger partial charge in [0, 0.05) is 6.42 Å². The fourth-order valence-electron chi connectivity index (χ4n) is 1.96. The van der Waals surface area contributed by atoms with Gasteiger partial charge in [-0.3, -0.25) is 0 Å². The molecule has 0 aliphatic carbocycles. The minimum absolute atomic E-state index is 0.716. The molecule has 0 unspecified atom stereocenters. The van der Waals surface area contributed by atoms with Gasteiger partial charge in [-0.25, -0.2) is 0 Å². The Morgan fingerprint density at radius 3 is 3.00 bits per heavy atom. The second-order valence-corrected chi connectivity index (χ2v) is 5.41. The van der Waals surface area contributed by atoms with E-state index < -0.39 is 0 Å². The molecule has 90 valence electrons. The largest absolute Gasteiger partial charge is 0.339 e. The summed E-state index contributed by atoms with van der Waals surface area (Å²) in [6, 6.07) is 0. The van der Waals surface area contributed by atoms with E-state index in [1.54, 1.807) is 0 Å². The van der Waals surface area contributed by atoms with Crippen molar-refractivity contribution in [3.63, 3.8) is 0 Å². The Bertz CT molecular complexity index is 310. The quantitative estimate of drug-likeness (QED) is 0.853. The van der Waals surface area contributed by atoms with Gasteiger partial charge in [0.15, 0.2) is 5.82 Å². The standard InChI is InChI=1S/C11H19N3OS/c1-2-16-8-10-13-11(15-14-10)7-9-3-5-12-6-4-9/h9,12H,2-8H2,1H3. The van der Waals surface area contributed by atoms with E-state index in [4.69, 9.17) is 4.52 Å². The van der Waals surface area contributed by atoms with E-state index in [2.05, 4.69) is 22.4 Å². The summed E-state index contributed by atoms with van der Waals surface area (Å²) in [5.41, 5.74) is 0. The van der Waals surface area contributed by atoms with Crippen LogP contribution in [0.2, 0.25) is 0 Å². The molecule has 0 radical (unpaired) electrons. The molecule has 0 saturated carbocycles. The van der Waals surface area contributed by atoms with Gasteiger partial charge in [-0.05, 0) is 37.6 Å². The molecule has 0 atom stereocenters. The number of aromatic nitrogens is 2. The van der Waals surface area contributed by atoms with Crippen molar-refractivity contribution in [2.75, 3.05) is 18.8 Å². The number of nitrogens with one attached hydrogen (secondary N) is 1. The van der Waals surface area contributed by atoms with Crippen molar-refractivity contribution in [2.45, 2.75) is 31.9 Å². The highest BCUT2D eigenvalue weighted by Gasteiger charge is 2.17. The number of hydrogen-bond donors (Lipinski definition) is 1. The Labute approximate surface area is 101 Å². The highest BCUT2D eigenvalue weighted by Crippen LogP contribution is 2.17. The molecule has 0 bridgehead atoms. The number of nitrogens with zero attached hydrogens (tertiary/aromatic N) is 2. The zero-order valence-electron chi connectivity index (χ0n) is 9.74. The minimum Gasteiger partial charge on any atom is -0.339 e. The second-order valence-electron chi connectivity index (χ2n) is 4.14. The molecule has 4 nitrogen and oxygen atoms in total. The number of hydrogen-bond acceptors (Lipinski definition) is 5. The van der Waals surface area contributed by atoms with E-state index >= 15 is 0 Å². The molecule has 0 amide bonds. The van der Waals surface area contributed by atoms with Crippen LogP contribution in [0.4, 0.5) is 0 Å². The molecule has 0 spiro atoms. The minimum atomic E-state index is 0.716. The molecule has 1 fully saturated rings. The van der Waals surface area contributed by atoms with Gasteiger partial charge in [0.25, 0.3) is 0 Å². The molecule has 1 aliphatic heterocycles. The maximum absolute atomic E-state index is 5.27. The molecule has 0 aromatic carbocycles. The lowest BCUT2D eigenvalue weighted by Crippen LogP contribution is -2.28. The van der Waals surface area contributed by atoms with Gasteiger partial charge in [0.2, 0.25) is 5.89 Å². The van der Waals surface area contributed by atoms with Crippen LogP contribution in [0.5, 0.6) is 0 Å². The molecule has 1 saturated heterocycles. The first kappa shape index (κ1) is 11.9. The third-order valence-corrected chi connectivity index (χ3v) is 3.74. The van der Waals surface area contributed by atoms with Crippen LogP contribution in [-0.4, -0.2) is 29.0 Å². The average molecular weight is 241 g/mol. The third-order valence-electron chi connectivity index (χ3n) is 2.87. The molecule has 1 aromatic heterocycles. The molecule has 1 aromatic rings. The number of rotatable bonds is 5. The highest BCUT2D eigenvalue weighted by molar-refractivity contribution is 7.98. The molecular formula is C11H19N3OS. The summed E-state index contributed by atoms with van der Waals surface area (Å²) in [6.45, 7) is 4.38. The Morgan fingerprint density at radius 2 is 2.25 bits per heavy atom. The van der Waals surface area contributed by atoms with E-state index in [1.165, 1.54) is 12.8 Å². The van der Waals surface area contributed by atoms with Crippen LogP contribution < -0.4 is 5.32 Å². The lowest BCUT2D eigenvalue weighted by molar-refractivity contribution is 0.312. The Hall–Kier alpha value is -0.550. The SMILES string of the molecule is CCSCc1noc(CC2CCNCC2)n1. The summed E-state index contributed by atoms with van der Waals surface area (Å²) in [5.74, 6) is 4.34. The van der Waals surface area contributed by atoms with E-state index in [0.717, 1.165) is 42.7 Å². The smallest absolute Gasteiger partial charge is 0.226 e. The summed E-state index contributed by atoms with van der Waals surface area (Å²) in [5, 5.41) is 7.36. The first-order valence-electron chi connectivity index (χ1n) is 5.98. The molecule has 2 rings (SSSR count). The first-order chi connectivity index (χ1) is 7.88. The molecule has 1 N–H and O–H groups in total. The van der Waals surface area contributed by atoms with E-state index in [-0.39, 0.29) is 0 Å². The lowest BCUT2D eigenvalue weighted by Gasteiger charge is -2.20. The van der Waals surface area contributed by atoms with Crippen LogP contribution >= 0.6 is 11.8 Å². The lowest BCUT2D eigenvalue weighted by atomic mass is 9.95. The zero-order valence-corrected chi connectivity index (χ0v) is 10.6. The van der Waals surface area contributed by atoms with Crippen molar-refractivity contribution < 1.29 is 4.52 Å². The van der Waals surface area contributed by atoms with Crippen LogP contribution in [0, 0.1) is 5.92 Å². The van der Waals surface area contributed by atoms with Crippen molar-refractivity contribution in [1.29, 1.82) is 0 Å². The third kappa shape index (κ3) is 3.49. The van der Waals surface area contributed by atoms with Gasteiger partial charge in [-0.1, -0.05) is 12.1 Å². The number of thioether (sulfide) groups is 1. The average Bonchev–Trinajstić information content (AvgIpc) is 2.75. The maximum Gasteiger partial charge on any atom is 0.226 e. The summed E-state index contributed by atoms with van der Waals surface area (Å²) >= 11 is 1.83. The van der Waals surface area contributed by atoms with Gasteiger partial charge in [-0.15, -0.1) is 0 Å². The van der Waals surface area contributed by atoms with E-state index in [9.17, 15) is 0 Å². The maximum atomic E-state index is 5.27. The van der Waals surface area contributed by atoms with E-state index in [0.29, 0.717) is 5.92 Å². The van der Waals surface area contributed by atoms with Crippen molar-refractivity contribution in [1.82, 2.24) is 15.5 Å². The van der Waals surface area contributed by atoms with E-state index in [1.807, 2.05) is 11.8 Å². The van der Waals surface area contributed by atoms with Gasteiger partial charge in [-0.2, -0.15) is 16.7 Å². The highest BCUT2D eigenvalue weighted by atomic mass is 32.2. The van der Waals surface area contributed by atoms with Crippen LogP contribution in [0.1, 0.15) is 31.5 Å². The van der Waals surface area contributed by atoms with Crippen molar-refractivity contribution >= 4 is 11.8 Å². The predicted octanol–water partition coefficient (Wildman–Crippen LogP) is 1.86. The fourth-order valence-corrected chi connectivity index (χ4v) is 2.46. The Kier molecular flexibility index (Phi) is 4.66. The second kappa shape index (κ2) is 6.25. The van der Waals surface area contributed by atoms with Crippen LogP contribution in [-0.2, 0) is 12.2 Å². The normalized spacial score (nSPS) is 17.8. The van der Waals surface area contributed by atoms with Gasteiger partial charge < -0.3 is 9.84 Å². The Morgan fingerprint density at radius 1 is 1.44 bits per heavy atom.